The monoisotopic (exact) mass is 293 g/mol. The van der Waals surface area contributed by atoms with Gasteiger partial charge in [-0.15, -0.1) is 0 Å². The van der Waals surface area contributed by atoms with Gasteiger partial charge in [0, 0.05) is 5.69 Å². The van der Waals surface area contributed by atoms with Gasteiger partial charge in [0.15, 0.2) is 0 Å². The standard InChI is InChI=1S/C19H19NO2/c1-18(2)19(12-16(22-18)13-8-4-3-5-9-13)14-10-6-7-11-15(14)20-17(19)21/h3-11,16H,12H2,1-2H3,(H,20,21)/t16-,19?/m0/s1. The number of rotatable bonds is 1. The van der Waals surface area contributed by atoms with Crippen molar-refractivity contribution in [1.82, 2.24) is 0 Å². The third-order valence-corrected chi connectivity index (χ3v) is 5.15. The van der Waals surface area contributed by atoms with Crippen molar-refractivity contribution in [2.24, 2.45) is 0 Å². The Balaban J connectivity index is 1.84. The fraction of sp³-hybridized carbons (Fsp3) is 0.316. The van der Waals surface area contributed by atoms with Gasteiger partial charge in [0.2, 0.25) is 5.91 Å². The minimum atomic E-state index is -0.621. The van der Waals surface area contributed by atoms with Crippen LogP contribution in [0.1, 0.15) is 37.5 Å². The fourth-order valence-corrected chi connectivity index (χ4v) is 3.99. The summed E-state index contributed by atoms with van der Waals surface area (Å²) in [5.74, 6) is 0.0529. The van der Waals surface area contributed by atoms with Crippen molar-refractivity contribution in [2.75, 3.05) is 5.32 Å². The highest BCUT2D eigenvalue weighted by atomic mass is 16.5. The second kappa shape index (κ2) is 4.43. The van der Waals surface area contributed by atoms with E-state index in [2.05, 4.69) is 17.4 Å². The second-order valence-corrected chi connectivity index (χ2v) is 6.64. The Morgan fingerprint density at radius 2 is 1.73 bits per heavy atom. The number of hydrogen-bond acceptors (Lipinski definition) is 2. The lowest BCUT2D eigenvalue weighted by Gasteiger charge is -2.34. The van der Waals surface area contributed by atoms with E-state index >= 15 is 0 Å². The molecule has 3 nitrogen and oxygen atoms in total. The zero-order valence-corrected chi connectivity index (χ0v) is 12.8. The average molecular weight is 293 g/mol. The van der Waals surface area contributed by atoms with Crippen LogP contribution in [0.25, 0.3) is 0 Å². The number of anilines is 1. The second-order valence-electron chi connectivity index (χ2n) is 6.64. The van der Waals surface area contributed by atoms with Crippen LogP contribution in [0.3, 0.4) is 0 Å². The Labute approximate surface area is 130 Å². The number of ether oxygens (including phenoxy) is 1. The summed E-state index contributed by atoms with van der Waals surface area (Å²) in [7, 11) is 0. The van der Waals surface area contributed by atoms with Crippen LogP contribution >= 0.6 is 0 Å². The molecule has 1 unspecified atom stereocenters. The maximum atomic E-state index is 12.9. The molecule has 112 valence electrons. The molecule has 0 saturated carbocycles. The third kappa shape index (κ3) is 1.63. The first-order valence-electron chi connectivity index (χ1n) is 7.68. The number of benzene rings is 2. The largest absolute Gasteiger partial charge is 0.366 e. The van der Waals surface area contributed by atoms with Crippen molar-refractivity contribution >= 4 is 11.6 Å². The molecule has 0 aromatic heterocycles. The predicted molar refractivity (Wildman–Crippen MR) is 85.7 cm³/mol. The van der Waals surface area contributed by atoms with Crippen molar-refractivity contribution in [3.8, 4) is 0 Å². The first-order valence-corrected chi connectivity index (χ1v) is 7.68. The zero-order valence-electron chi connectivity index (χ0n) is 12.8. The van der Waals surface area contributed by atoms with Gasteiger partial charge < -0.3 is 10.1 Å². The number of amides is 1. The van der Waals surface area contributed by atoms with E-state index in [0.29, 0.717) is 6.42 Å². The van der Waals surface area contributed by atoms with Gasteiger partial charge in [0.1, 0.15) is 5.41 Å². The van der Waals surface area contributed by atoms with E-state index in [-0.39, 0.29) is 12.0 Å². The predicted octanol–water partition coefficient (Wildman–Crippen LogP) is 3.82. The highest BCUT2D eigenvalue weighted by Gasteiger charge is 2.63. The van der Waals surface area contributed by atoms with Gasteiger partial charge in [-0.3, -0.25) is 4.79 Å². The zero-order chi connectivity index (χ0) is 15.4. The van der Waals surface area contributed by atoms with Gasteiger partial charge in [-0.25, -0.2) is 0 Å². The van der Waals surface area contributed by atoms with Crippen LogP contribution in [0, 0.1) is 0 Å². The topological polar surface area (TPSA) is 38.3 Å². The quantitative estimate of drug-likeness (QED) is 0.868. The van der Waals surface area contributed by atoms with E-state index < -0.39 is 11.0 Å². The molecule has 0 bridgehead atoms. The number of carbonyl (C=O) groups is 1. The van der Waals surface area contributed by atoms with Crippen LogP contribution in [0.2, 0.25) is 0 Å². The van der Waals surface area contributed by atoms with Crippen LogP contribution in [-0.4, -0.2) is 11.5 Å². The third-order valence-electron chi connectivity index (χ3n) is 5.15. The van der Waals surface area contributed by atoms with Crippen LogP contribution < -0.4 is 5.32 Å². The first-order chi connectivity index (χ1) is 10.5. The lowest BCUT2D eigenvalue weighted by Crippen LogP contribution is -2.48. The molecule has 22 heavy (non-hydrogen) atoms. The van der Waals surface area contributed by atoms with Crippen molar-refractivity contribution in [2.45, 2.75) is 37.4 Å². The maximum Gasteiger partial charge on any atom is 0.238 e. The summed E-state index contributed by atoms with van der Waals surface area (Å²) in [6.07, 6.45) is 0.612. The molecule has 2 atom stereocenters. The van der Waals surface area contributed by atoms with Crippen LogP contribution in [0.4, 0.5) is 5.69 Å². The summed E-state index contributed by atoms with van der Waals surface area (Å²) < 4.78 is 6.34. The molecule has 1 saturated heterocycles. The molecular weight excluding hydrogens is 274 g/mol. The summed E-state index contributed by atoms with van der Waals surface area (Å²) in [5, 5.41) is 3.04. The Morgan fingerprint density at radius 3 is 2.50 bits per heavy atom. The minimum Gasteiger partial charge on any atom is -0.366 e. The van der Waals surface area contributed by atoms with Crippen molar-refractivity contribution in [1.29, 1.82) is 0 Å². The van der Waals surface area contributed by atoms with E-state index in [9.17, 15) is 4.79 Å². The van der Waals surface area contributed by atoms with Crippen LogP contribution in [0.15, 0.2) is 54.6 Å². The normalized spacial score (nSPS) is 28.6. The number of nitrogens with one attached hydrogen (secondary N) is 1. The molecule has 2 heterocycles. The molecule has 2 aromatic rings. The number of carbonyl (C=O) groups excluding carboxylic acids is 1. The van der Waals surface area contributed by atoms with E-state index in [0.717, 1.165) is 16.8 Å². The Kier molecular flexibility index (Phi) is 2.73. The highest BCUT2D eigenvalue weighted by molar-refractivity contribution is 6.07. The fourth-order valence-electron chi connectivity index (χ4n) is 3.99. The van der Waals surface area contributed by atoms with Gasteiger partial charge in [-0.2, -0.15) is 0 Å². The number of hydrogen-bond donors (Lipinski definition) is 1. The first kappa shape index (κ1) is 13.5. The van der Waals surface area contributed by atoms with Gasteiger partial charge >= 0.3 is 0 Å². The highest BCUT2D eigenvalue weighted by Crippen LogP contribution is 2.57. The van der Waals surface area contributed by atoms with Gasteiger partial charge in [-0.05, 0) is 37.5 Å². The lowest BCUT2D eigenvalue weighted by atomic mass is 9.68. The molecule has 2 aliphatic heterocycles. The van der Waals surface area contributed by atoms with E-state index in [1.54, 1.807) is 0 Å². The molecule has 1 spiro atoms. The molecule has 2 aliphatic rings. The smallest absolute Gasteiger partial charge is 0.238 e. The molecule has 0 radical (unpaired) electrons. The van der Waals surface area contributed by atoms with Crippen LogP contribution in [0.5, 0.6) is 0 Å². The number of fused-ring (bicyclic) bond motifs is 2. The summed E-state index contributed by atoms with van der Waals surface area (Å²) in [6.45, 7) is 4.05. The van der Waals surface area contributed by atoms with Gasteiger partial charge in [-0.1, -0.05) is 48.5 Å². The molecule has 0 aliphatic carbocycles. The lowest BCUT2D eigenvalue weighted by molar-refractivity contribution is -0.127. The minimum absolute atomic E-state index is 0.0529. The SMILES string of the molecule is CC1(C)O[C@H](c2ccccc2)CC12C(=O)Nc1ccccc12. The Hall–Kier alpha value is -2.13. The average Bonchev–Trinajstić information content (AvgIpc) is 2.97. The Morgan fingerprint density at radius 1 is 1.05 bits per heavy atom. The summed E-state index contributed by atoms with van der Waals surface area (Å²) >= 11 is 0. The molecule has 4 rings (SSSR count). The Bertz CT molecular complexity index is 738. The van der Waals surface area contributed by atoms with Gasteiger partial charge in [0.25, 0.3) is 0 Å². The molecule has 1 fully saturated rings. The summed E-state index contributed by atoms with van der Waals surface area (Å²) in [4.78, 5) is 12.9. The number of para-hydroxylation sites is 1. The molecule has 1 N–H and O–H groups in total. The maximum absolute atomic E-state index is 12.9. The van der Waals surface area contributed by atoms with Crippen molar-refractivity contribution in [3.05, 3.63) is 65.7 Å². The molecular formula is C19H19NO2. The van der Waals surface area contributed by atoms with Gasteiger partial charge in [0.05, 0.1) is 11.7 Å². The molecule has 3 heteroatoms. The van der Waals surface area contributed by atoms with Crippen molar-refractivity contribution in [3.63, 3.8) is 0 Å². The van der Waals surface area contributed by atoms with E-state index in [1.807, 2.05) is 56.3 Å². The molecule has 1 amide bonds. The summed E-state index contributed by atoms with van der Waals surface area (Å²) in [6, 6.07) is 18.1. The summed E-state index contributed by atoms with van der Waals surface area (Å²) in [5.41, 5.74) is 1.93. The van der Waals surface area contributed by atoms with E-state index in [1.165, 1.54) is 0 Å². The van der Waals surface area contributed by atoms with E-state index in [4.69, 9.17) is 4.74 Å². The van der Waals surface area contributed by atoms with Crippen molar-refractivity contribution < 1.29 is 9.53 Å². The molecule has 2 aromatic carbocycles. The van der Waals surface area contributed by atoms with Crippen LogP contribution in [-0.2, 0) is 14.9 Å².